The third kappa shape index (κ3) is 14.2. The molecule has 20 aromatic rings. The first-order valence-corrected chi connectivity index (χ1v) is 38.2. The highest BCUT2D eigenvalue weighted by atomic mass is 79.9. The van der Waals surface area contributed by atoms with Crippen molar-refractivity contribution in [1.29, 1.82) is 0 Å². The lowest BCUT2D eigenvalue weighted by Gasteiger charge is -2.27. The standard InChI is InChI=1S/C48H30F2N4S.C24H12BrF2N3S.C24H19N.2CH4/c49-44-43(35-23-29-38(30-24-35)54-41-17-9-7-15-39(41)40-16-8-10-18-42(40)54)46-47(52-55-51-46)48(45(44)50)53(36-25-19-33(20-26-36)31-11-3-1-4-12-31)37-27-21-34(22-28-37)32-13-5-2-6-14-32;25-20-22(27)21(26)19(23-24(20)29-31-28-23)13-9-11-14(12-10-13)30-17-7-3-1-5-15(17)16-6-2-4-8-18(16)30;1-3-7-19(8-4-1)21-11-15-23(16-12-21)25-24-17-13-22(14-18-24)20-9-5-2-6-10-20;;/h1-30H;1-12H;1-18,25H;2*1H4. The van der Waals surface area contributed by atoms with E-state index in [2.05, 4.69) is 193 Å². The van der Waals surface area contributed by atoms with Crippen molar-refractivity contribution in [1.82, 2.24) is 26.6 Å². The van der Waals surface area contributed by atoms with Crippen molar-refractivity contribution in [2.45, 2.75) is 14.9 Å². The van der Waals surface area contributed by atoms with Gasteiger partial charge < -0.3 is 19.4 Å². The van der Waals surface area contributed by atoms with Crippen molar-refractivity contribution in [3.63, 3.8) is 0 Å². The maximum Gasteiger partial charge on any atom is 0.185 e. The summed E-state index contributed by atoms with van der Waals surface area (Å²) in [6.07, 6.45) is 0. The molecule has 1 N–H and O–H groups in total. The van der Waals surface area contributed by atoms with Crippen molar-refractivity contribution < 1.29 is 17.6 Å². The normalized spacial score (nSPS) is 11.1. The zero-order chi connectivity index (χ0) is 74.9. The number of fused-ring (bicyclic) bond motifs is 8. The second-order valence-electron chi connectivity index (χ2n) is 26.6. The van der Waals surface area contributed by atoms with Crippen LogP contribution in [-0.4, -0.2) is 26.6 Å². The summed E-state index contributed by atoms with van der Waals surface area (Å²) in [7, 11) is 0. The molecule has 0 fully saturated rings. The van der Waals surface area contributed by atoms with Crippen LogP contribution in [0.1, 0.15) is 14.9 Å². The van der Waals surface area contributed by atoms with Crippen LogP contribution in [0.15, 0.2) is 368 Å². The molecule has 0 atom stereocenters. The summed E-state index contributed by atoms with van der Waals surface area (Å²) in [5.41, 5.74) is 21.2. The minimum atomic E-state index is -0.999. The van der Waals surface area contributed by atoms with Gasteiger partial charge in [0.25, 0.3) is 0 Å². The van der Waals surface area contributed by atoms with Crippen LogP contribution in [0, 0.1) is 23.3 Å². The third-order valence-electron chi connectivity index (χ3n) is 20.1. The SMILES string of the molecule is C.C.Fc1c(F)c(-c2ccc(-n3c4ccccc4c4ccccc43)cc2)c2nsnc2c1Br.Fc1c(F)c(N(c2ccc(-c3ccccc3)cc2)c2ccc(-c3ccccc3)cc2)c2nsnc2c1-c1ccc(-n2c3ccccc3c3ccccc32)cc1.c1ccc(-c2ccc(Nc3ccc(-c4ccccc4)cc3)cc2)cc1. The fourth-order valence-corrected chi connectivity index (χ4v) is 16.4. The number of rotatable bonds is 13. The largest absolute Gasteiger partial charge is 0.356 e. The number of hydrogen-bond acceptors (Lipinski definition) is 8. The van der Waals surface area contributed by atoms with Crippen LogP contribution in [0.5, 0.6) is 0 Å². The Labute approximate surface area is 667 Å². The lowest BCUT2D eigenvalue weighted by Crippen LogP contribution is -2.14. The highest BCUT2D eigenvalue weighted by Gasteiger charge is 2.30. The molecule has 0 saturated heterocycles. The Hall–Kier alpha value is -13.4. The quantitative estimate of drug-likeness (QED) is 0.0916. The van der Waals surface area contributed by atoms with Crippen LogP contribution in [0.25, 0.3) is 144 Å². The van der Waals surface area contributed by atoms with Crippen LogP contribution in [-0.2, 0) is 0 Å². The highest BCUT2D eigenvalue weighted by Crippen LogP contribution is 2.47. The first kappa shape index (κ1) is 73.7. The van der Waals surface area contributed by atoms with E-state index in [-0.39, 0.29) is 41.7 Å². The maximum absolute atomic E-state index is 17.0. The van der Waals surface area contributed by atoms with Gasteiger partial charge in [0, 0.05) is 66.8 Å². The number of nitrogens with one attached hydrogen (secondary N) is 1. The molecule has 20 rings (SSSR count). The molecule has 8 nitrogen and oxygen atoms in total. The van der Waals surface area contributed by atoms with E-state index in [0.717, 1.165) is 101 Å². The van der Waals surface area contributed by atoms with E-state index in [9.17, 15) is 8.78 Å². The van der Waals surface area contributed by atoms with Crippen LogP contribution in [0.2, 0.25) is 0 Å². The van der Waals surface area contributed by atoms with Crippen molar-refractivity contribution in [3.8, 4) is 78.1 Å². The Balaban J connectivity index is 0.000000140. The lowest BCUT2D eigenvalue weighted by atomic mass is 10.00. The fraction of sp³-hybridized carbons (Fsp3) is 0.0204. The Bertz CT molecular complexity index is 6480. The van der Waals surface area contributed by atoms with Gasteiger partial charge >= 0.3 is 0 Å². The molecule has 113 heavy (non-hydrogen) atoms. The van der Waals surface area contributed by atoms with Gasteiger partial charge in [0.2, 0.25) is 0 Å². The molecule has 0 saturated carbocycles. The average Bonchev–Trinajstić information content (AvgIpc) is 1.73. The van der Waals surface area contributed by atoms with E-state index in [0.29, 0.717) is 39.1 Å². The smallest absolute Gasteiger partial charge is 0.185 e. The van der Waals surface area contributed by atoms with Gasteiger partial charge in [0.15, 0.2) is 23.3 Å². The van der Waals surface area contributed by atoms with E-state index in [1.165, 1.54) is 33.0 Å². The van der Waals surface area contributed by atoms with Crippen LogP contribution < -0.4 is 10.2 Å². The molecule has 0 amide bonds. The van der Waals surface area contributed by atoms with Gasteiger partial charge in [-0.05, 0) is 169 Å². The second-order valence-corrected chi connectivity index (χ2v) is 28.4. The predicted octanol–water partition coefficient (Wildman–Crippen LogP) is 29.1. The molecule has 0 spiro atoms. The summed E-state index contributed by atoms with van der Waals surface area (Å²) in [5, 5.41) is 8.09. The summed E-state index contributed by atoms with van der Waals surface area (Å²) in [5.74, 6) is -3.87. The molecule has 0 bridgehead atoms. The van der Waals surface area contributed by atoms with E-state index in [4.69, 9.17) is 0 Å². The molecule has 15 heteroatoms. The zero-order valence-electron chi connectivity index (χ0n) is 59.0. The topological polar surface area (TPSA) is 76.7 Å². The molecule has 0 aliphatic rings. The van der Waals surface area contributed by atoms with Gasteiger partial charge in [-0.15, -0.1) is 0 Å². The van der Waals surface area contributed by atoms with Gasteiger partial charge in [-0.1, -0.05) is 282 Å². The van der Waals surface area contributed by atoms with Gasteiger partial charge in [0.1, 0.15) is 27.8 Å². The Morgan fingerprint density at radius 2 is 0.531 bits per heavy atom. The number of benzene rings is 16. The van der Waals surface area contributed by atoms with Gasteiger partial charge in [-0.3, -0.25) is 0 Å². The molecule has 0 radical (unpaired) electrons. The summed E-state index contributed by atoms with van der Waals surface area (Å²) >= 11 is 4.96. The Morgan fingerprint density at radius 3 is 0.876 bits per heavy atom. The number of para-hydroxylation sites is 4. The minimum Gasteiger partial charge on any atom is -0.356 e. The molecule has 16 aromatic carbocycles. The third-order valence-corrected chi connectivity index (χ3v) is 21.8. The summed E-state index contributed by atoms with van der Waals surface area (Å²) in [4.78, 5) is 1.74. The summed E-state index contributed by atoms with van der Waals surface area (Å²) in [6, 6.07) is 122. The van der Waals surface area contributed by atoms with E-state index < -0.39 is 23.3 Å². The molecule has 0 aliphatic carbocycles. The Kier molecular flexibility index (Phi) is 21.0. The van der Waals surface area contributed by atoms with Crippen LogP contribution in [0.3, 0.4) is 0 Å². The van der Waals surface area contributed by atoms with Crippen molar-refractivity contribution in [2.75, 3.05) is 10.2 Å². The van der Waals surface area contributed by atoms with E-state index in [1.54, 1.807) is 17.0 Å². The molecule has 0 aliphatic heterocycles. The van der Waals surface area contributed by atoms with Crippen LogP contribution in [0.4, 0.5) is 46.0 Å². The highest BCUT2D eigenvalue weighted by molar-refractivity contribution is 9.10. The van der Waals surface area contributed by atoms with Gasteiger partial charge in [0.05, 0.1) is 50.0 Å². The number of nitrogens with zero attached hydrogens (tertiary/aromatic N) is 7. The second kappa shape index (κ2) is 32.2. The minimum absolute atomic E-state index is 0. The summed E-state index contributed by atoms with van der Waals surface area (Å²) in [6.45, 7) is 0. The molecular formula is C98H69BrF4N8S2. The first-order valence-electron chi connectivity index (χ1n) is 36.0. The average molecular weight is 1580 g/mol. The van der Waals surface area contributed by atoms with E-state index in [1.807, 2.05) is 206 Å². The zero-order valence-corrected chi connectivity index (χ0v) is 62.2. The number of hydrogen-bond donors (Lipinski definition) is 1. The Morgan fingerprint density at radius 1 is 0.265 bits per heavy atom. The van der Waals surface area contributed by atoms with Crippen molar-refractivity contribution in [3.05, 3.63) is 392 Å². The molecule has 0 unspecified atom stereocenters. The van der Waals surface area contributed by atoms with Gasteiger partial charge in [-0.2, -0.15) is 17.5 Å². The summed E-state index contributed by atoms with van der Waals surface area (Å²) < 4.78 is 85.1. The van der Waals surface area contributed by atoms with Crippen molar-refractivity contribution >= 4 is 134 Å². The number of aromatic nitrogens is 6. The fourth-order valence-electron chi connectivity index (χ4n) is 14.7. The first-order chi connectivity index (χ1) is 54.7. The molecule has 4 heterocycles. The molecule has 548 valence electrons. The number of anilines is 5. The predicted molar refractivity (Wildman–Crippen MR) is 468 cm³/mol. The maximum atomic E-state index is 17.0. The van der Waals surface area contributed by atoms with Crippen molar-refractivity contribution in [2.24, 2.45) is 0 Å². The number of halogens is 5. The van der Waals surface area contributed by atoms with E-state index >= 15 is 8.78 Å². The lowest BCUT2D eigenvalue weighted by molar-refractivity contribution is 0.509. The van der Waals surface area contributed by atoms with Gasteiger partial charge in [-0.25, -0.2) is 17.6 Å². The van der Waals surface area contributed by atoms with Crippen LogP contribution >= 0.6 is 39.4 Å². The molecular weight excluding hydrogens is 1510 g/mol. The molecule has 4 aromatic heterocycles. The monoisotopic (exact) mass is 1580 g/mol.